The Morgan fingerprint density at radius 1 is 0.912 bits per heavy atom. The van der Waals surface area contributed by atoms with Crippen molar-refractivity contribution in [2.45, 2.75) is 0 Å². The van der Waals surface area contributed by atoms with Crippen molar-refractivity contribution in [1.29, 1.82) is 0 Å². The van der Waals surface area contributed by atoms with Crippen LogP contribution in [0.3, 0.4) is 0 Å². The molecule has 0 radical (unpaired) electrons. The number of tetrazole rings is 1. The van der Waals surface area contributed by atoms with Gasteiger partial charge in [0.25, 0.3) is 11.8 Å². The summed E-state index contributed by atoms with van der Waals surface area (Å²) in [5, 5.41) is 20.9. The molecule has 0 saturated heterocycles. The Balaban J connectivity index is 1.42. The first-order valence-electron chi connectivity index (χ1n) is 10.0. The lowest BCUT2D eigenvalue weighted by Crippen LogP contribution is -2.13. The minimum Gasteiger partial charge on any atom is -0.349 e. The fourth-order valence-corrected chi connectivity index (χ4v) is 3.89. The van der Waals surface area contributed by atoms with Crippen molar-refractivity contribution < 1.29 is 9.59 Å². The Morgan fingerprint density at radius 2 is 1.71 bits per heavy atom. The summed E-state index contributed by atoms with van der Waals surface area (Å²) in [7, 11) is 0. The van der Waals surface area contributed by atoms with Gasteiger partial charge in [0.05, 0.1) is 16.9 Å². The summed E-state index contributed by atoms with van der Waals surface area (Å²) in [5.74, 6) is -0.340. The molecule has 0 unspecified atom stereocenters. The molecule has 5 rings (SSSR count). The first-order chi connectivity index (χ1) is 16.5. The molecule has 3 aromatic carbocycles. The molecule has 0 fully saturated rings. The number of amides is 2. The van der Waals surface area contributed by atoms with Gasteiger partial charge in [-0.3, -0.25) is 9.59 Å². The van der Waals surface area contributed by atoms with E-state index < -0.39 is 0 Å². The zero-order valence-electron chi connectivity index (χ0n) is 17.3. The number of halogens is 2. The molecule has 0 aliphatic heterocycles. The average molecular weight is 537 g/mol. The first kappa shape index (κ1) is 21.8. The molecule has 0 saturated carbocycles. The highest BCUT2D eigenvalue weighted by atomic mass is 79.9. The summed E-state index contributed by atoms with van der Waals surface area (Å²) in [5.41, 5.74) is 3.01. The molecule has 5 aromatic rings. The van der Waals surface area contributed by atoms with Crippen LogP contribution in [0.15, 0.2) is 71.2 Å². The van der Waals surface area contributed by atoms with Crippen molar-refractivity contribution >= 4 is 61.6 Å². The standard InChI is InChI=1S/C23H15BrClN7O2/c24-14-6-4-12(5-7-14)22(33)28-18-3-1-2-13-10-19(26-20(13)18)23(34)27-17-9-8-15(25)11-16(17)21-29-31-32-30-21/h1-11,26H,(H,27,34)(H,28,33)(H,29,30,31,32). The normalized spacial score (nSPS) is 10.9. The molecule has 2 heterocycles. The van der Waals surface area contributed by atoms with E-state index >= 15 is 0 Å². The van der Waals surface area contributed by atoms with Crippen molar-refractivity contribution in [3.63, 3.8) is 0 Å². The van der Waals surface area contributed by atoms with Gasteiger partial charge in [0, 0.05) is 26.0 Å². The molecule has 0 aliphatic carbocycles. The van der Waals surface area contributed by atoms with Gasteiger partial charge in [0.15, 0.2) is 0 Å². The predicted octanol–water partition coefficient (Wildman–Crippen LogP) is 5.27. The number of rotatable bonds is 5. The van der Waals surface area contributed by atoms with Gasteiger partial charge in [-0.1, -0.05) is 39.7 Å². The van der Waals surface area contributed by atoms with Crippen LogP contribution in [0.2, 0.25) is 5.02 Å². The largest absolute Gasteiger partial charge is 0.349 e. The van der Waals surface area contributed by atoms with E-state index in [0.29, 0.717) is 44.6 Å². The van der Waals surface area contributed by atoms with E-state index in [2.05, 4.69) is 52.2 Å². The van der Waals surface area contributed by atoms with E-state index in [4.69, 9.17) is 11.6 Å². The molecule has 0 aliphatic rings. The minimum absolute atomic E-state index is 0.258. The average Bonchev–Trinajstić information content (AvgIpc) is 3.51. The van der Waals surface area contributed by atoms with Crippen LogP contribution in [0.5, 0.6) is 0 Å². The van der Waals surface area contributed by atoms with Crippen LogP contribution in [0.4, 0.5) is 11.4 Å². The summed E-state index contributed by atoms with van der Waals surface area (Å²) >= 11 is 9.47. The number of carbonyl (C=O) groups is 2. The molecule has 4 N–H and O–H groups in total. The van der Waals surface area contributed by atoms with Crippen molar-refractivity contribution in [2.75, 3.05) is 10.6 Å². The zero-order valence-corrected chi connectivity index (χ0v) is 19.6. The highest BCUT2D eigenvalue weighted by Gasteiger charge is 2.17. The van der Waals surface area contributed by atoms with Crippen LogP contribution in [-0.2, 0) is 0 Å². The lowest BCUT2D eigenvalue weighted by molar-refractivity contribution is 0.101. The molecular formula is C23H15BrClN7O2. The number of aromatic nitrogens is 5. The smallest absolute Gasteiger partial charge is 0.272 e. The molecule has 9 nitrogen and oxygen atoms in total. The molecule has 2 amide bonds. The number of carbonyl (C=O) groups excluding carboxylic acids is 2. The minimum atomic E-state index is -0.381. The fraction of sp³-hybridized carbons (Fsp3) is 0. The predicted molar refractivity (Wildman–Crippen MR) is 133 cm³/mol. The van der Waals surface area contributed by atoms with Crippen molar-refractivity contribution in [1.82, 2.24) is 25.6 Å². The lowest BCUT2D eigenvalue weighted by atomic mass is 10.1. The van der Waals surface area contributed by atoms with E-state index in [1.165, 1.54) is 0 Å². The summed E-state index contributed by atoms with van der Waals surface area (Å²) < 4.78 is 0.884. The Bertz CT molecular complexity index is 1510. The lowest BCUT2D eigenvalue weighted by Gasteiger charge is -2.09. The number of benzene rings is 3. The summed E-state index contributed by atoms with van der Waals surface area (Å²) in [6, 6.07) is 19.1. The maximum absolute atomic E-state index is 13.0. The maximum atomic E-state index is 13.0. The monoisotopic (exact) mass is 535 g/mol. The molecule has 0 spiro atoms. The van der Waals surface area contributed by atoms with Crippen molar-refractivity contribution in [3.05, 3.63) is 87.5 Å². The number of fused-ring (bicyclic) bond motifs is 1. The molecule has 2 aromatic heterocycles. The van der Waals surface area contributed by atoms with Crippen LogP contribution in [0.1, 0.15) is 20.8 Å². The molecule has 0 bridgehead atoms. The van der Waals surface area contributed by atoms with Crippen LogP contribution in [0, 0.1) is 0 Å². The molecule has 34 heavy (non-hydrogen) atoms. The highest BCUT2D eigenvalue weighted by molar-refractivity contribution is 9.10. The van der Waals surface area contributed by atoms with Crippen LogP contribution < -0.4 is 10.6 Å². The summed E-state index contributed by atoms with van der Waals surface area (Å²) in [6.07, 6.45) is 0. The van der Waals surface area contributed by atoms with Crippen LogP contribution in [0.25, 0.3) is 22.3 Å². The van der Waals surface area contributed by atoms with E-state index in [1.807, 2.05) is 12.1 Å². The Kier molecular flexibility index (Phi) is 5.83. The number of para-hydroxylation sites is 1. The van der Waals surface area contributed by atoms with E-state index in [0.717, 1.165) is 9.86 Å². The van der Waals surface area contributed by atoms with Gasteiger partial charge in [0.2, 0.25) is 5.82 Å². The van der Waals surface area contributed by atoms with E-state index in [1.54, 1.807) is 54.6 Å². The summed E-state index contributed by atoms with van der Waals surface area (Å²) in [6.45, 7) is 0. The Hall–Kier alpha value is -4.02. The number of aromatic amines is 2. The second-order valence-electron chi connectivity index (χ2n) is 7.29. The van der Waals surface area contributed by atoms with E-state index in [9.17, 15) is 9.59 Å². The number of nitrogens with one attached hydrogen (secondary N) is 4. The second-order valence-corrected chi connectivity index (χ2v) is 8.65. The van der Waals surface area contributed by atoms with Gasteiger partial charge in [-0.05, 0) is 59.8 Å². The first-order valence-corrected chi connectivity index (χ1v) is 11.2. The van der Waals surface area contributed by atoms with Crippen LogP contribution in [-0.4, -0.2) is 37.4 Å². The third-order valence-corrected chi connectivity index (χ3v) is 5.84. The number of nitrogens with zero attached hydrogens (tertiary/aromatic N) is 3. The number of H-pyrrole nitrogens is 2. The Morgan fingerprint density at radius 3 is 2.47 bits per heavy atom. The van der Waals surface area contributed by atoms with Crippen molar-refractivity contribution in [3.8, 4) is 11.4 Å². The topological polar surface area (TPSA) is 128 Å². The molecular weight excluding hydrogens is 522 g/mol. The van der Waals surface area contributed by atoms with Gasteiger partial charge < -0.3 is 15.6 Å². The van der Waals surface area contributed by atoms with Gasteiger partial charge >= 0.3 is 0 Å². The zero-order chi connectivity index (χ0) is 23.7. The number of anilines is 2. The maximum Gasteiger partial charge on any atom is 0.272 e. The van der Waals surface area contributed by atoms with Crippen molar-refractivity contribution in [2.24, 2.45) is 0 Å². The quantitative estimate of drug-likeness (QED) is 0.243. The molecule has 168 valence electrons. The third-order valence-electron chi connectivity index (χ3n) is 5.07. The van der Waals surface area contributed by atoms with Gasteiger partial charge in [-0.2, -0.15) is 5.21 Å². The molecule has 11 heteroatoms. The number of hydrogen-bond donors (Lipinski definition) is 4. The fourth-order valence-electron chi connectivity index (χ4n) is 3.45. The van der Waals surface area contributed by atoms with Gasteiger partial charge in [-0.25, -0.2) is 0 Å². The number of hydrogen-bond acceptors (Lipinski definition) is 5. The highest BCUT2D eigenvalue weighted by Crippen LogP contribution is 2.29. The summed E-state index contributed by atoms with van der Waals surface area (Å²) in [4.78, 5) is 28.8. The second kappa shape index (κ2) is 9.08. The third kappa shape index (κ3) is 4.41. The SMILES string of the molecule is O=C(Nc1cccc2cc(C(=O)Nc3ccc(Cl)cc3-c3nn[nH]n3)[nH]c12)c1ccc(Br)cc1. The van der Waals surface area contributed by atoms with Gasteiger partial charge in [0.1, 0.15) is 5.69 Å². The Labute approximate surface area is 206 Å². The molecule has 0 atom stereocenters. The van der Waals surface area contributed by atoms with Crippen LogP contribution >= 0.6 is 27.5 Å². The van der Waals surface area contributed by atoms with Gasteiger partial charge in [-0.15, -0.1) is 10.2 Å². The van der Waals surface area contributed by atoms with E-state index in [-0.39, 0.29) is 11.8 Å².